The van der Waals surface area contributed by atoms with Crippen molar-refractivity contribution >= 4 is 5.97 Å². The highest BCUT2D eigenvalue weighted by atomic mass is 16.5. The molecule has 1 atom stereocenters. The normalized spacial score (nSPS) is 13.3. The first-order valence-corrected chi connectivity index (χ1v) is 10.9. The number of ether oxygens (including phenoxy) is 2. The molecule has 0 heterocycles. The molecule has 1 unspecified atom stereocenters. The predicted octanol–water partition coefficient (Wildman–Crippen LogP) is 6.92. The lowest BCUT2D eigenvalue weighted by atomic mass is 9.71. The van der Waals surface area contributed by atoms with E-state index in [0.717, 1.165) is 24.2 Å². The summed E-state index contributed by atoms with van der Waals surface area (Å²) in [5, 5.41) is 0. The Morgan fingerprint density at radius 2 is 1.16 bits per heavy atom. The zero-order valence-corrected chi connectivity index (χ0v) is 19.1. The quantitative estimate of drug-likeness (QED) is 0.227. The van der Waals surface area contributed by atoms with Gasteiger partial charge in [-0.05, 0) is 67.6 Å². The third-order valence-electron chi connectivity index (χ3n) is 6.34. The molecule has 162 valence electrons. The third kappa shape index (κ3) is 4.99. The van der Waals surface area contributed by atoms with Gasteiger partial charge in [-0.25, -0.2) is 0 Å². The fourth-order valence-corrected chi connectivity index (χ4v) is 3.83. The first-order chi connectivity index (χ1) is 14.8. The number of rotatable bonds is 8. The van der Waals surface area contributed by atoms with Gasteiger partial charge in [-0.15, -0.1) is 0 Å². The Labute approximate surface area is 186 Å². The summed E-state index contributed by atoms with van der Waals surface area (Å²) < 4.78 is 11.5. The topological polar surface area (TPSA) is 35.5 Å². The molecule has 3 aromatic rings. The minimum absolute atomic E-state index is 0.156. The summed E-state index contributed by atoms with van der Waals surface area (Å²) in [5.41, 5.74) is 2.96. The third-order valence-corrected chi connectivity index (χ3v) is 6.34. The maximum Gasteiger partial charge on any atom is 0.308 e. The van der Waals surface area contributed by atoms with Crippen LogP contribution in [0, 0.1) is 0 Å². The van der Waals surface area contributed by atoms with Gasteiger partial charge in [0.2, 0.25) is 0 Å². The maximum absolute atomic E-state index is 11.3. The van der Waals surface area contributed by atoms with Crippen molar-refractivity contribution in [2.24, 2.45) is 0 Å². The number of benzene rings is 3. The van der Waals surface area contributed by atoms with Crippen LogP contribution in [-0.4, -0.2) is 11.6 Å². The molecule has 0 fully saturated rings. The fourth-order valence-electron chi connectivity index (χ4n) is 3.83. The summed E-state index contributed by atoms with van der Waals surface area (Å²) in [7, 11) is 0. The second-order valence-corrected chi connectivity index (χ2v) is 8.39. The zero-order valence-electron chi connectivity index (χ0n) is 19.1. The first kappa shape index (κ1) is 22.6. The minimum atomic E-state index is -0.368. The van der Waals surface area contributed by atoms with Gasteiger partial charge in [-0.2, -0.15) is 0 Å². The van der Waals surface area contributed by atoms with E-state index in [-0.39, 0.29) is 17.0 Å². The van der Waals surface area contributed by atoms with E-state index in [1.807, 2.05) is 30.3 Å². The average molecular weight is 417 g/mol. The standard InChI is InChI=1S/C28H32O3/c1-6-27(4,7-2)31-26-19-15-24(16-20-26)28(5,22-11-9-8-10-12-22)23-13-17-25(18-14-23)30-21(3)29/h8-20H,6-7H2,1-5H3. The Kier molecular flexibility index (Phi) is 6.84. The molecule has 0 saturated heterocycles. The maximum atomic E-state index is 11.3. The molecule has 0 spiro atoms. The van der Waals surface area contributed by atoms with Gasteiger partial charge in [-0.1, -0.05) is 68.4 Å². The summed E-state index contributed by atoms with van der Waals surface area (Å²) >= 11 is 0. The number of hydrogen-bond acceptors (Lipinski definition) is 3. The Bertz CT molecular complexity index is 987. The first-order valence-electron chi connectivity index (χ1n) is 10.9. The van der Waals surface area contributed by atoms with Crippen molar-refractivity contribution in [2.75, 3.05) is 0 Å². The van der Waals surface area contributed by atoms with Crippen LogP contribution >= 0.6 is 0 Å². The van der Waals surface area contributed by atoms with E-state index in [4.69, 9.17) is 9.47 Å². The molecule has 0 aliphatic rings. The summed E-state index contributed by atoms with van der Waals surface area (Å²) in [6, 6.07) is 26.6. The van der Waals surface area contributed by atoms with Gasteiger partial charge in [0.15, 0.2) is 0 Å². The van der Waals surface area contributed by atoms with Crippen molar-refractivity contribution in [3.63, 3.8) is 0 Å². The average Bonchev–Trinajstić information content (AvgIpc) is 2.79. The molecule has 0 aliphatic carbocycles. The van der Waals surface area contributed by atoms with E-state index in [9.17, 15) is 4.79 Å². The summed E-state index contributed by atoms with van der Waals surface area (Å²) in [5.74, 6) is 1.12. The Morgan fingerprint density at radius 1 is 0.710 bits per heavy atom. The molecule has 31 heavy (non-hydrogen) atoms. The zero-order chi connectivity index (χ0) is 22.5. The molecule has 3 nitrogen and oxygen atoms in total. The van der Waals surface area contributed by atoms with Crippen molar-refractivity contribution in [1.29, 1.82) is 0 Å². The lowest BCUT2D eigenvalue weighted by Gasteiger charge is -2.33. The second kappa shape index (κ2) is 9.38. The number of carbonyl (C=O) groups is 1. The van der Waals surface area contributed by atoms with Crippen LogP contribution in [0.15, 0.2) is 78.9 Å². The molecule has 3 rings (SSSR count). The Morgan fingerprint density at radius 3 is 1.61 bits per heavy atom. The van der Waals surface area contributed by atoms with Crippen molar-refractivity contribution < 1.29 is 14.3 Å². The summed E-state index contributed by atoms with van der Waals surface area (Å²) in [4.78, 5) is 11.3. The monoisotopic (exact) mass is 416 g/mol. The van der Waals surface area contributed by atoms with Gasteiger partial charge in [0.1, 0.15) is 17.1 Å². The van der Waals surface area contributed by atoms with Crippen LogP contribution in [0.4, 0.5) is 0 Å². The van der Waals surface area contributed by atoms with E-state index < -0.39 is 0 Å². The molecular weight excluding hydrogens is 384 g/mol. The summed E-state index contributed by atoms with van der Waals surface area (Å²) in [6.45, 7) is 10.1. The molecule has 0 radical (unpaired) electrons. The van der Waals surface area contributed by atoms with E-state index >= 15 is 0 Å². The fraction of sp³-hybridized carbons (Fsp3) is 0.321. The molecule has 0 aliphatic heterocycles. The summed E-state index contributed by atoms with van der Waals surface area (Å²) in [6.07, 6.45) is 1.92. The van der Waals surface area contributed by atoms with Crippen LogP contribution < -0.4 is 9.47 Å². The lowest BCUT2D eigenvalue weighted by Crippen LogP contribution is -2.30. The molecule has 0 amide bonds. The second-order valence-electron chi connectivity index (χ2n) is 8.39. The van der Waals surface area contributed by atoms with Crippen molar-refractivity contribution in [2.45, 2.75) is 58.5 Å². The van der Waals surface area contributed by atoms with Crippen LogP contribution in [-0.2, 0) is 10.2 Å². The van der Waals surface area contributed by atoms with Crippen molar-refractivity contribution in [1.82, 2.24) is 0 Å². The van der Waals surface area contributed by atoms with E-state index in [1.54, 1.807) is 0 Å². The number of hydrogen-bond donors (Lipinski definition) is 0. The van der Waals surface area contributed by atoms with Gasteiger partial charge in [-0.3, -0.25) is 4.79 Å². The lowest BCUT2D eigenvalue weighted by molar-refractivity contribution is -0.131. The van der Waals surface area contributed by atoms with Crippen molar-refractivity contribution in [3.8, 4) is 11.5 Å². The van der Waals surface area contributed by atoms with Crippen LogP contribution in [0.25, 0.3) is 0 Å². The number of esters is 1. The van der Waals surface area contributed by atoms with E-state index in [0.29, 0.717) is 5.75 Å². The highest BCUT2D eigenvalue weighted by molar-refractivity contribution is 5.69. The number of carbonyl (C=O) groups excluding carboxylic acids is 1. The minimum Gasteiger partial charge on any atom is -0.488 e. The SMILES string of the molecule is CCC(C)(CC)Oc1ccc(C(C)(c2ccccc2)c2ccc(OC(C)=O)cc2)cc1. The highest BCUT2D eigenvalue weighted by Crippen LogP contribution is 2.40. The Balaban J connectivity index is 2.01. The van der Waals surface area contributed by atoms with E-state index in [1.165, 1.54) is 18.1 Å². The largest absolute Gasteiger partial charge is 0.488 e. The van der Waals surface area contributed by atoms with Crippen LogP contribution in [0.1, 0.15) is 64.2 Å². The molecule has 3 aromatic carbocycles. The predicted molar refractivity (Wildman–Crippen MR) is 126 cm³/mol. The molecule has 0 N–H and O–H groups in total. The molecule has 0 aromatic heterocycles. The molecular formula is C28H32O3. The van der Waals surface area contributed by atoms with Crippen molar-refractivity contribution in [3.05, 3.63) is 95.6 Å². The van der Waals surface area contributed by atoms with Gasteiger partial charge >= 0.3 is 5.97 Å². The molecule has 3 heteroatoms. The highest BCUT2D eigenvalue weighted by Gasteiger charge is 2.31. The smallest absolute Gasteiger partial charge is 0.308 e. The van der Waals surface area contributed by atoms with Crippen LogP contribution in [0.3, 0.4) is 0 Å². The van der Waals surface area contributed by atoms with E-state index in [2.05, 4.69) is 76.2 Å². The van der Waals surface area contributed by atoms with Gasteiger partial charge in [0, 0.05) is 12.3 Å². The van der Waals surface area contributed by atoms with Crippen LogP contribution in [0.5, 0.6) is 11.5 Å². The van der Waals surface area contributed by atoms with Crippen LogP contribution in [0.2, 0.25) is 0 Å². The molecule has 0 saturated carbocycles. The van der Waals surface area contributed by atoms with Gasteiger partial charge < -0.3 is 9.47 Å². The Hall–Kier alpha value is -3.07. The van der Waals surface area contributed by atoms with Gasteiger partial charge in [0.25, 0.3) is 0 Å². The van der Waals surface area contributed by atoms with Gasteiger partial charge in [0.05, 0.1) is 0 Å². The molecule has 0 bridgehead atoms.